The summed E-state index contributed by atoms with van der Waals surface area (Å²) in [6, 6.07) is 18.9. The van der Waals surface area contributed by atoms with Crippen molar-refractivity contribution in [3.05, 3.63) is 99.8 Å². The van der Waals surface area contributed by atoms with Gasteiger partial charge in [0.05, 0.1) is 20.4 Å². The van der Waals surface area contributed by atoms with Gasteiger partial charge in [0, 0.05) is 14.2 Å². The Bertz CT molecular complexity index is 1240. The molecule has 0 N–H and O–H groups in total. The molecule has 0 saturated carbocycles. The van der Waals surface area contributed by atoms with E-state index < -0.39 is 0 Å². The third kappa shape index (κ3) is 6.03. The fraction of sp³-hybridized carbons (Fsp3) is 0.0833. The number of halogens is 4. The van der Waals surface area contributed by atoms with Crippen LogP contribution in [0.15, 0.2) is 74.5 Å². The van der Waals surface area contributed by atoms with Crippen LogP contribution in [0.25, 0.3) is 6.08 Å². The van der Waals surface area contributed by atoms with E-state index in [1.807, 2.05) is 60.7 Å². The molecule has 0 atom stereocenters. The smallest absolute Gasteiger partial charge is 0.293 e. The van der Waals surface area contributed by atoms with E-state index in [2.05, 4.69) is 54.5 Å². The van der Waals surface area contributed by atoms with Gasteiger partial charge in [-0.1, -0.05) is 41.9 Å². The fourth-order valence-electron chi connectivity index (χ4n) is 3.13. The lowest BCUT2D eigenvalue weighted by Gasteiger charge is -2.13. The van der Waals surface area contributed by atoms with Crippen LogP contribution < -0.4 is 4.74 Å². The average molecular weight is 720 g/mol. The number of rotatable bonds is 6. The van der Waals surface area contributed by atoms with Gasteiger partial charge in [0.2, 0.25) is 0 Å². The summed E-state index contributed by atoms with van der Waals surface area (Å²) in [5.74, 6) is 0.328. The van der Waals surface area contributed by atoms with Crippen molar-refractivity contribution in [3.8, 4) is 5.75 Å². The third-order valence-corrected chi connectivity index (χ3v) is 7.95. The Morgan fingerprint density at radius 3 is 2.36 bits per heavy atom. The molecule has 2 amide bonds. The van der Waals surface area contributed by atoms with E-state index in [0.29, 0.717) is 31.2 Å². The lowest BCUT2D eigenvalue weighted by Crippen LogP contribution is -2.27. The van der Waals surface area contributed by atoms with E-state index in [0.717, 1.165) is 32.0 Å². The first-order valence-corrected chi connectivity index (χ1v) is 13.5. The third-order valence-electron chi connectivity index (χ3n) is 4.78. The molecule has 4 nitrogen and oxygen atoms in total. The largest absolute Gasteiger partial charge is 0.486 e. The van der Waals surface area contributed by atoms with E-state index in [1.165, 1.54) is 4.90 Å². The number of nitrogens with zero attached hydrogens (tertiary/aromatic N) is 1. The summed E-state index contributed by atoms with van der Waals surface area (Å²) in [7, 11) is 0. The van der Waals surface area contributed by atoms with Gasteiger partial charge >= 0.3 is 0 Å². The number of imide groups is 1. The molecule has 0 spiro atoms. The first kappa shape index (κ1) is 24.8. The van der Waals surface area contributed by atoms with Gasteiger partial charge in [-0.15, -0.1) is 0 Å². The van der Waals surface area contributed by atoms with E-state index in [9.17, 15) is 9.59 Å². The van der Waals surface area contributed by atoms with E-state index >= 15 is 0 Å². The van der Waals surface area contributed by atoms with E-state index in [1.54, 1.807) is 6.08 Å². The van der Waals surface area contributed by atoms with E-state index in [-0.39, 0.29) is 17.7 Å². The second kappa shape index (κ2) is 10.9. The summed E-state index contributed by atoms with van der Waals surface area (Å²) in [4.78, 5) is 27.0. The molecular formula is C24H15Br2ClINO3S. The molecule has 1 aliphatic heterocycles. The molecule has 0 bridgehead atoms. The Kier molecular flexibility index (Phi) is 8.22. The van der Waals surface area contributed by atoms with Gasteiger partial charge in [-0.05, 0) is 114 Å². The average Bonchev–Trinajstić information content (AvgIpc) is 3.03. The second-order valence-electron chi connectivity index (χ2n) is 7.09. The van der Waals surface area contributed by atoms with Gasteiger partial charge in [-0.3, -0.25) is 14.5 Å². The number of benzene rings is 3. The molecule has 0 unspecified atom stereocenters. The van der Waals surface area contributed by atoms with Gasteiger partial charge in [-0.2, -0.15) is 0 Å². The minimum Gasteiger partial charge on any atom is -0.486 e. The highest BCUT2D eigenvalue weighted by molar-refractivity contribution is 14.1. The van der Waals surface area contributed by atoms with Crippen molar-refractivity contribution in [1.29, 1.82) is 0 Å². The molecule has 168 valence electrons. The predicted octanol–water partition coefficient (Wildman–Crippen LogP) is 8.29. The van der Waals surface area contributed by atoms with Crippen molar-refractivity contribution in [3.63, 3.8) is 0 Å². The highest BCUT2D eigenvalue weighted by Gasteiger charge is 2.35. The number of thioether (sulfide) groups is 1. The summed E-state index contributed by atoms with van der Waals surface area (Å²) in [6.45, 7) is 0.564. The number of amides is 2. The zero-order valence-electron chi connectivity index (χ0n) is 16.9. The topological polar surface area (TPSA) is 46.6 Å². The number of hydrogen-bond donors (Lipinski definition) is 0. The molecule has 1 saturated heterocycles. The van der Waals surface area contributed by atoms with Crippen LogP contribution in [0.2, 0.25) is 5.02 Å². The monoisotopic (exact) mass is 717 g/mol. The Balaban J connectivity index is 1.50. The molecule has 1 fully saturated rings. The van der Waals surface area contributed by atoms with Crippen molar-refractivity contribution in [2.24, 2.45) is 0 Å². The van der Waals surface area contributed by atoms with Gasteiger partial charge in [-0.25, -0.2) is 0 Å². The quantitative estimate of drug-likeness (QED) is 0.190. The van der Waals surface area contributed by atoms with Crippen LogP contribution in [-0.2, 0) is 17.9 Å². The van der Waals surface area contributed by atoms with Crippen LogP contribution in [0.5, 0.6) is 5.75 Å². The highest BCUT2D eigenvalue weighted by atomic mass is 127. The zero-order chi connectivity index (χ0) is 23.5. The fourth-order valence-corrected chi connectivity index (χ4v) is 5.97. The SMILES string of the molecule is O=C1S/C(=C\c2cc(Br)c(OCc3ccccc3Cl)c(Br)c2)C(=O)N1Cc1ccc(I)cc1. The Morgan fingerprint density at radius 1 is 1.03 bits per heavy atom. The van der Waals surface area contributed by atoms with Crippen LogP contribution in [0.4, 0.5) is 4.79 Å². The molecule has 9 heteroatoms. The summed E-state index contributed by atoms with van der Waals surface area (Å²) in [5, 5.41) is 0.366. The maximum Gasteiger partial charge on any atom is 0.293 e. The van der Waals surface area contributed by atoms with Gasteiger partial charge in [0.15, 0.2) is 0 Å². The minimum atomic E-state index is -0.296. The summed E-state index contributed by atoms with van der Waals surface area (Å²) < 4.78 is 8.49. The lowest BCUT2D eigenvalue weighted by atomic mass is 10.2. The van der Waals surface area contributed by atoms with Crippen molar-refractivity contribution >= 4 is 95.0 Å². The number of ether oxygens (including phenoxy) is 1. The molecule has 0 aromatic heterocycles. The first-order valence-electron chi connectivity index (χ1n) is 9.67. The van der Waals surface area contributed by atoms with Crippen LogP contribution in [0.3, 0.4) is 0 Å². The van der Waals surface area contributed by atoms with Crippen LogP contribution >= 0.6 is 77.8 Å². The van der Waals surface area contributed by atoms with Gasteiger partial charge in [0.25, 0.3) is 11.1 Å². The molecular weight excluding hydrogens is 704 g/mol. The highest BCUT2D eigenvalue weighted by Crippen LogP contribution is 2.38. The number of carbonyl (C=O) groups excluding carboxylic acids is 2. The second-order valence-corrected chi connectivity index (χ2v) is 11.4. The van der Waals surface area contributed by atoms with Crippen molar-refractivity contribution in [1.82, 2.24) is 4.90 Å². The maximum absolute atomic E-state index is 12.9. The molecule has 4 rings (SSSR count). The first-order chi connectivity index (χ1) is 15.8. The normalized spacial score (nSPS) is 14.9. The molecule has 0 radical (unpaired) electrons. The molecule has 3 aromatic rings. The van der Waals surface area contributed by atoms with Gasteiger partial charge in [0.1, 0.15) is 12.4 Å². The molecule has 0 aliphatic carbocycles. The van der Waals surface area contributed by atoms with E-state index in [4.69, 9.17) is 16.3 Å². The molecule has 33 heavy (non-hydrogen) atoms. The van der Waals surface area contributed by atoms with Gasteiger partial charge < -0.3 is 4.74 Å². The Hall–Kier alpha value is -1.33. The Labute approximate surface area is 231 Å². The molecule has 3 aromatic carbocycles. The standard InChI is InChI=1S/C24H15Br2ClINO3S/c25-18-9-15(10-19(26)22(18)32-13-16-3-1-2-4-20(16)27)11-21-23(30)29(24(31)33-21)12-14-5-7-17(28)8-6-14/h1-11H,12-13H2/b21-11-. The predicted molar refractivity (Wildman–Crippen MR) is 148 cm³/mol. The van der Waals surface area contributed by atoms with Crippen molar-refractivity contribution < 1.29 is 14.3 Å². The number of hydrogen-bond acceptors (Lipinski definition) is 4. The Morgan fingerprint density at radius 2 is 1.70 bits per heavy atom. The van der Waals surface area contributed by atoms with Crippen molar-refractivity contribution in [2.75, 3.05) is 0 Å². The summed E-state index contributed by atoms with van der Waals surface area (Å²) in [6.07, 6.45) is 1.71. The maximum atomic E-state index is 12.9. The van der Waals surface area contributed by atoms with Crippen LogP contribution in [-0.4, -0.2) is 16.0 Å². The summed E-state index contributed by atoms with van der Waals surface area (Å²) >= 11 is 16.5. The van der Waals surface area contributed by atoms with Crippen LogP contribution in [0.1, 0.15) is 16.7 Å². The lowest BCUT2D eigenvalue weighted by molar-refractivity contribution is -0.123. The molecule has 1 aliphatic rings. The summed E-state index contributed by atoms with van der Waals surface area (Å²) in [5.41, 5.74) is 2.55. The molecule has 1 heterocycles. The number of carbonyl (C=O) groups is 2. The minimum absolute atomic E-state index is 0.251. The van der Waals surface area contributed by atoms with Crippen LogP contribution in [0, 0.1) is 3.57 Å². The van der Waals surface area contributed by atoms with Crippen molar-refractivity contribution in [2.45, 2.75) is 13.2 Å². The zero-order valence-corrected chi connectivity index (χ0v) is 23.8.